The van der Waals surface area contributed by atoms with Crippen molar-refractivity contribution in [2.75, 3.05) is 0 Å². The van der Waals surface area contributed by atoms with Crippen LogP contribution in [0.1, 0.15) is 40.4 Å². The standard InChI is InChI=1S/C23H24FN3O4/c1-13(12-28)19(29)8-7-17-20(22(25)30)23(31)27(2)18-10-15(11-26-21(17)18)9-14-3-5-16(24)6-4-14/h3-6,10-13,19,29H,7-9H2,1-2H3,(H2,25,30). The Kier molecular flexibility index (Phi) is 6.60. The third kappa shape index (κ3) is 4.69. The molecule has 1 amide bonds. The number of pyridine rings is 2. The molecule has 0 radical (unpaired) electrons. The maximum atomic E-state index is 13.2. The van der Waals surface area contributed by atoms with Crippen LogP contribution in [0.15, 0.2) is 41.3 Å². The molecule has 31 heavy (non-hydrogen) atoms. The average Bonchev–Trinajstić information content (AvgIpc) is 2.75. The number of carbonyl (C=O) groups excluding carboxylic acids is 2. The summed E-state index contributed by atoms with van der Waals surface area (Å²) in [6.45, 7) is 1.59. The molecule has 3 N–H and O–H groups in total. The number of benzene rings is 1. The van der Waals surface area contributed by atoms with Gasteiger partial charge in [-0.3, -0.25) is 14.6 Å². The fraction of sp³-hybridized carbons (Fsp3) is 0.304. The molecule has 0 fully saturated rings. The Hall–Kier alpha value is -3.39. The topological polar surface area (TPSA) is 115 Å². The molecule has 2 aromatic heterocycles. The van der Waals surface area contributed by atoms with Crippen molar-refractivity contribution in [1.82, 2.24) is 9.55 Å². The second kappa shape index (κ2) is 9.18. The third-order valence-electron chi connectivity index (χ3n) is 5.47. The zero-order chi connectivity index (χ0) is 22.7. The molecule has 0 saturated carbocycles. The first-order chi connectivity index (χ1) is 14.7. The quantitative estimate of drug-likeness (QED) is 0.535. The second-order valence-electron chi connectivity index (χ2n) is 7.70. The van der Waals surface area contributed by atoms with Crippen LogP contribution in [0.5, 0.6) is 0 Å². The number of hydrogen-bond donors (Lipinski definition) is 2. The third-order valence-corrected chi connectivity index (χ3v) is 5.47. The molecule has 0 saturated heterocycles. The van der Waals surface area contributed by atoms with Crippen LogP contribution in [0, 0.1) is 11.7 Å². The molecule has 3 aromatic rings. The number of aldehydes is 1. The van der Waals surface area contributed by atoms with Crippen molar-refractivity contribution in [3.8, 4) is 0 Å². The van der Waals surface area contributed by atoms with Crippen molar-refractivity contribution in [2.45, 2.75) is 32.3 Å². The van der Waals surface area contributed by atoms with Gasteiger partial charge in [-0.1, -0.05) is 19.1 Å². The van der Waals surface area contributed by atoms with Gasteiger partial charge in [0.05, 0.1) is 17.1 Å². The molecule has 162 valence electrons. The maximum absolute atomic E-state index is 13.2. The summed E-state index contributed by atoms with van der Waals surface area (Å²) >= 11 is 0. The fourth-order valence-corrected chi connectivity index (χ4v) is 3.59. The van der Waals surface area contributed by atoms with E-state index in [2.05, 4.69) is 4.98 Å². The first kappa shape index (κ1) is 22.3. The highest BCUT2D eigenvalue weighted by molar-refractivity contribution is 5.98. The number of rotatable bonds is 8. The molecule has 7 nitrogen and oxygen atoms in total. The lowest BCUT2D eigenvalue weighted by Gasteiger charge is -2.17. The summed E-state index contributed by atoms with van der Waals surface area (Å²) in [4.78, 5) is 40.3. The van der Waals surface area contributed by atoms with Gasteiger partial charge in [0.2, 0.25) is 0 Å². The highest BCUT2D eigenvalue weighted by Gasteiger charge is 2.22. The van der Waals surface area contributed by atoms with Gasteiger partial charge >= 0.3 is 0 Å². The smallest absolute Gasteiger partial charge is 0.264 e. The summed E-state index contributed by atoms with van der Waals surface area (Å²) in [6.07, 6.45) is 2.18. The van der Waals surface area contributed by atoms with Crippen LogP contribution < -0.4 is 11.3 Å². The van der Waals surface area contributed by atoms with Crippen molar-refractivity contribution in [2.24, 2.45) is 18.7 Å². The predicted octanol–water partition coefficient (Wildman–Crippen LogP) is 1.89. The number of nitrogens with two attached hydrogens (primary N) is 1. The number of aliphatic hydroxyl groups is 1. The number of fused-ring (bicyclic) bond motifs is 1. The number of primary amides is 1. The predicted molar refractivity (Wildman–Crippen MR) is 114 cm³/mol. The first-order valence-corrected chi connectivity index (χ1v) is 9.91. The fourth-order valence-electron chi connectivity index (χ4n) is 3.59. The van der Waals surface area contributed by atoms with Crippen LogP contribution in [0.4, 0.5) is 4.39 Å². The van der Waals surface area contributed by atoms with Gasteiger partial charge in [-0.15, -0.1) is 0 Å². The minimum atomic E-state index is -0.921. The molecule has 0 aliphatic heterocycles. The van der Waals surface area contributed by atoms with Crippen LogP contribution in [0.25, 0.3) is 11.0 Å². The average molecular weight is 425 g/mol. The van der Waals surface area contributed by atoms with Gasteiger partial charge in [-0.05, 0) is 54.2 Å². The number of nitrogens with zero attached hydrogens (tertiary/aromatic N) is 2. The van der Waals surface area contributed by atoms with E-state index in [1.165, 1.54) is 23.7 Å². The van der Waals surface area contributed by atoms with Gasteiger partial charge in [0, 0.05) is 19.2 Å². The van der Waals surface area contributed by atoms with Crippen LogP contribution in [-0.2, 0) is 24.7 Å². The van der Waals surface area contributed by atoms with E-state index < -0.39 is 23.5 Å². The zero-order valence-corrected chi connectivity index (χ0v) is 17.3. The molecule has 0 aliphatic carbocycles. The van der Waals surface area contributed by atoms with Crippen LogP contribution in [-0.4, -0.2) is 33.0 Å². The van der Waals surface area contributed by atoms with Crippen molar-refractivity contribution in [3.05, 3.63) is 75.0 Å². The highest BCUT2D eigenvalue weighted by Crippen LogP contribution is 2.23. The number of aromatic nitrogens is 2. The van der Waals surface area contributed by atoms with E-state index in [9.17, 15) is 23.9 Å². The molecule has 1 aromatic carbocycles. The van der Waals surface area contributed by atoms with E-state index in [0.29, 0.717) is 29.3 Å². The Morgan fingerprint density at radius 2 is 1.97 bits per heavy atom. The summed E-state index contributed by atoms with van der Waals surface area (Å²) in [5, 5.41) is 10.2. The van der Waals surface area contributed by atoms with Gasteiger partial charge in [0.1, 0.15) is 17.7 Å². The Morgan fingerprint density at radius 1 is 1.29 bits per heavy atom. The monoisotopic (exact) mass is 425 g/mol. The molecule has 3 rings (SSSR count). The van der Waals surface area contributed by atoms with Gasteiger partial charge in [0.15, 0.2) is 0 Å². The lowest BCUT2D eigenvalue weighted by atomic mass is 9.95. The Balaban J connectivity index is 2.07. The van der Waals surface area contributed by atoms with Crippen molar-refractivity contribution >= 4 is 23.2 Å². The molecule has 8 heteroatoms. The lowest BCUT2D eigenvalue weighted by molar-refractivity contribution is -0.113. The van der Waals surface area contributed by atoms with Crippen molar-refractivity contribution in [3.63, 3.8) is 0 Å². The van der Waals surface area contributed by atoms with E-state index in [1.54, 1.807) is 31.3 Å². The number of aryl methyl sites for hydroxylation is 2. The van der Waals surface area contributed by atoms with Gasteiger partial charge in [-0.25, -0.2) is 4.39 Å². The molecule has 0 bridgehead atoms. The summed E-state index contributed by atoms with van der Waals surface area (Å²) in [7, 11) is 1.54. The lowest BCUT2D eigenvalue weighted by Crippen LogP contribution is -2.31. The Bertz CT molecular complexity index is 1190. The van der Waals surface area contributed by atoms with E-state index in [1.807, 2.05) is 0 Å². The van der Waals surface area contributed by atoms with Crippen LogP contribution in [0.3, 0.4) is 0 Å². The molecular weight excluding hydrogens is 401 g/mol. The molecule has 2 heterocycles. The summed E-state index contributed by atoms with van der Waals surface area (Å²) in [5.41, 5.74) is 7.77. The number of amides is 1. The highest BCUT2D eigenvalue weighted by atomic mass is 19.1. The van der Waals surface area contributed by atoms with Crippen LogP contribution in [0.2, 0.25) is 0 Å². The van der Waals surface area contributed by atoms with Gasteiger partial charge in [-0.2, -0.15) is 0 Å². The zero-order valence-electron chi connectivity index (χ0n) is 17.3. The molecular formula is C23H24FN3O4. The minimum Gasteiger partial charge on any atom is -0.392 e. The number of halogens is 1. The van der Waals surface area contributed by atoms with Gasteiger partial charge in [0.25, 0.3) is 11.5 Å². The normalized spacial score (nSPS) is 13.2. The first-order valence-electron chi connectivity index (χ1n) is 9.91. The van der Waals surface area contributed by atoms with Crippen LogP contribution >= 0.6 is 0 Å². The molecule has 2 unspecified atom stereocenters. The maximum Gasteiger partial charge on any atom is 0.264 e. The number of hydrogen-bond acceptors (Lipinski definition) is 5. The van der Waals surface area contributed by atoms with E-state index in [0.717, 1.165) is 11.1 Å². The van der Waals surface area contributed by atoms with Crippen molar-refractivity contribution < 1.29 is 19.1 Å². The molecule has 0 spiro atoms. The number of carbonyl (C=O) groups is 2. The SMILES string of the molecule is CC(C=O)C(O)CCc1c(C(N)=O)c(=O)n(C)c2cc(Cc3ccc(F)cc3)cnc12. The summed E-state index contributed by atoms with van der Waals surface area (Å²) in [5.74, 6) is -1.77. The summed E-state index contributed by atoms with van der Waals surface area (Å²) in [6, 6.07) is 7.90. The van der Waals surface area contributed by atoms with E-state index >= 15 is 0 Å². The summed E-state index contributed by atoms with van der Waals surface area (Å²) < 4.78 is 14.5. The molecule has 2 atom stereocenters. The van der Waals surface area contributed by atoms with Crippen molar-refractivity contribution in [1.29, 1.82) is 0 Å². The van der Waals surface area contributed by atoms with Gasteiger partial charge < -0.3 is 20.2 Å². The van der Waals surface area contributed by atoms with E-state index in [-0.39, 0.29) is 24.2 Å². The Labute approximate surface area is 178 Å². The minimum absolute atomic E-state index is 0.161. The van der Waals surface area contributed by atoms with E-state index in [4.69, 9.17) is 5.73 Å². The Morgan fingerprint density at radius 3 is 2.58 bits per heavy atom. The number of aliphatic hydroxyl groups excluding tert-OH is 1. The second-order valence-corrected chi connectivity index (χ2v) is 7.70. The molecule has 0 aliphatic rings. The largest absolute Gasteiger partial charge is 0.392 e.